The van der Waals surface area contributed by atoms with Crippen LogP contribution >= 0.6 is 23.4 Å². The Morgan fingerprint density at radius 1 is 1.38 bits per heavy atom. The van der Waals surface area contributed by atoms with Gasteiger partial charge in [-0.25, -0.2) is 0 Å². The van der Waals surface area contributed by atoms with Crippen LogP contribution in [0.15, 0.2) is 12.1 Å². The third kappa shape index (κ3) is 3.88. The third-order valence-electron chi connectivity index (χ3n) is 4.54. The fourth-order valence-corrected chi connectivity index (χ4v) is 5.03. The van der Waals surface area contributed by atoms with Gasteiger partial charge in [-0.3, -0.25) is 0 Å². The van der Waals surface area contributed by atoms with E-state index in [9.17, 15) is 0 Å². The number of likely N-dealkylation sites (N-methyl/N-ethyl adjacent to an activating group) is 1. The molecule has 0 saturated heterocycles. The second kappa shape index (κ2) is 7.26. The number of hydrogen-bond acceptors (Lipinski definition) is 3. The minimum absolute atomic E-state index is 0.488. The molecule has 1 saturated carbocycles. The molecule has 1 aliphatic carbocycles. The lowest BCUT2D eigenvalue weighted by Crippen LogP contribution is -2.31. The largest absolute Gasteiger partial charge is 0.493 e. The van der Waals surface area contributed by atoms with Crippen LogP contribution in [0.1, 0.15) is 36.8 Å². The average molecular weight is 326 g/mol. The van der Waals surface area contributed by atoms with Gasteiger partial charge in [-0.1, -0.05) is 24.4 Å². The predicted molar refractivity (Wildman–Crippen MR) is 91.9 cm³/mol. The number of hydrogen-bond donors (Lipinski definition) is 1. The van der Waals surface area contributed by atoms with Crippen molar-refractivity contribution in [3.8, 4) is 5.75 Å². The zero-order chi connectivity index (χ0) is 14.7. The third-order valence-corrected chi connectivity index (χ3v) is 6.29. The summed E-state index contributed by atoms with van der Waals surface area (Å²) >= 11 is 8.39. The topological polar surface area (TPSA) is 21.3 Å². The lowest BCUT2D eigenvalue weighted by Gasteiger charge is -2.19. The lowest BCUT2D eigenvalue weighted by molar-refractivity contribution is 0.352. The summed E-state index contributed by atoms with van der Waals surface area (Å²) in [6.45, 7) is 0.795. The first-order chi connectivity index (χ1) is 10.3. The highest BCUT2D eigenvalue weighted by Crippen LogP contribution is 2.34. The van der Waals surface area contributed by atoms with Crippen LogP contribution in [0.3, 0.4) is 0 Å². The summed E-state index contributed by atoms with van der Waals surface area (Å²) in [5.41, 5.74) is 2.54. The van der Waals surface area contributed by atoms with Crippen molar-refractivity contribution in [2.24, 2.45) is 0 Å². The van der Waals surface area contributed by atoms with Crippen LogP contribution in [-0.2, 0) is 12.8 Å². The van der Waals surface area contributed by atoms with E-state index >= 15 is 0 Å². The van der Waals surface area contributed by atoms with Gasteiger partial charge in [-0.05, 0) is 49.6 Å². The number of ether oxygens (including phenoxy) is 1. The molecule has 0 spiro atoms. The van der Waals surface area contributed by atoms with Gasteiger partial charge >= 0.3 is 0 Å². The average Bonchev–Trinajstić information content (AvgIpc) is 3.13. The van der Waals surface area contributed by atoms with E-state index in [1.807, 2.05) is 0 Å². The van der Waals surface area contributed by atoms with Crippen molar-refractivity contribution in [1.29, 1.82) is 0 Å². The van der Waals surface area contributed by atoms with Crippen LogP contribution < -0.4 is 10.1 Å². The molecule has 1 heterocycles. The molecule has 116 valence electrons. The monoisotopic (exact) mass is 325 g/mol. The molecular formula is C17H24ClNOS. The van der Waals surface area contributed by atoms with Crippen molar-refractivity contribution in [2.45, 2.75) is 49.8 Å². The van der Waals surface area contributed by atoms with Crippen molar-refractivity contribution >= 4 is 23.4 Å². The molecule has 1 fully saturated rings. The van der Waals surface area contributed by atoms with Crippen LogP contribution in [0.2, 0.25) is 5.02 Å². The second-order valence-electron chi connectivity index (χ2n) is 6.08. The molecule has 0 aromatic heterocycles. The summed E-state index contributed by atoms with van der Waals surface area (Å²) in [7, 11) is 2.06. The Hall–Kier alpha value is -0.380. The molecule has 1 aliphatic heterocycles. The summed E-state index contributed by atoms with van der Waals surface area (Å²) < 4.78 is 5.81. The van der Waals surface area contributed by atoms with Gasteiger partial charge in [0.05, 0.1) is 6.61 Å². The van der Waals surface area contributed by atoms with Gasteiger partial charge in [-0.2, -0.15) is 11.8 Å². The Kier molecular flexibility index (Phi) is 5.36. The molecule has 2 nitrogen and oxygen atoms in total. The minimum atomic E-state index is 0.488. The first-order valence-electron chi connectivity index (χ1n) is 7.99. The number of benzene rings is 1. The Bertz CT molecular complexity index is 488. The number of fused-ring (bicyclic) bond motifs is 1. The van der Waals surface area contributed by atoms with Gasteiger partial charge in [-0.15, -0.1) is 0 Å². The summed E-state index contributed by atoms with van der Waals surface area (Å²) in [6.07, 6.45) is 7.62. The van der Waals surface area contributed by atoms with E-state index in [2.05, 4.69) is 36.3 Å². The van der Waals surface area contributed by atoms with E-state index < -0.39 is 0 Å². The van der Waals surface area contributed by atoms with Crippen molar-refractivity contribution < 1.29 is 4.74 Å². The van der Waals surface area contributed by atoms with E-state index in [4.69, 9.17) is 16.3 Å². The highest BCUT2D eigenvalue weighted by atomic mass is 35.5. The molecule has 0 bridgehead atoms. The highest BCUT2D eigenvalue weighted by molar-refractivity contribution is 7.99. The Morgan fingerprint density at radius 3 is 2.95 bits per heavy atom. The van der Waals surface area contributed by atoms with Gasteiger partial charge in [0.15, 0.2) is 0 Å². The first-order valence-corrected chi connectivity index (χ1v) is 9.42. The lowest BCUT2D eigenvalue weighted by atomic mass is 10.0. The van der Waals surface area contributed by atoms with Gasteiger partial charge in [0.2, 0.25) is 0 Å². The maximum atomic E-state index is 6.25. The molecular weight excluding hydrogens is 302 g/mol. The molecule has 4 heteroatoms. The molecule has 1 atom stereocenters. The van der Waals surface area contributed by atoms with Crippen molar-refractivity contribution in [3.63, 3.8) is 0 Å². The van der Waals surface area contributed by atoms with Crippen LogP contribution in [0.25, 0.3) is 0 Å². The number of thioether (sulfide) groups is 1. The van der Waals surface area contributed by atoms with E-state index in [1.54, 1.807) is 0 Å². The van der Waals surface area contributed by atoms with Gasteiger partial charge in [0.25, 0.3) is 0 Å². The smallest absolute Gasteiger partial charge is 0.125 e. The van der Waals surface area contributed by atoms with Gasteiger partial charge in [0.1, 0.15) is 5.75 Å². The molecule has 2 aliphatic rings. The van der Waals surface area contributed by atoms with E-state index in [0.717, 1.165) is 35.5 Å². The minimum Gasteiger partial charge on any atom is -0.493 e. The van der Waals surface area contributed by atoms with Crippen molar-refractivity contribution in [1.82, 2.24) is 5.32 Å². The Labute approximate surface area is 137 Å². The van der Waals surface area contributed by atoms with Crippen molar-refractivity contribution in [2.75, 3.05) is 19.4 Å². The molecule has 1 unspecified atom stereocenters. The standard InChI is InChI=1S/C17H24ClNOS/c1-19-15(11-21-16-4-2-3-5-16)10-13-9-14(18)8-12-6-7-20-17(12)13/h8-9,15-16,19H,2-7,10-11H2,1H3. The fraction of sp³-hybridized carbons (Fsp3) is 0.647. The van der Waals surface area contributed by atoms with Gasteiger partial charge in [0, 0.05) is 28.5 Å². The summed E-state index contributed by atoms with van der Waals surface area (Å²) in [4.78, 5) is 0. The maximum absolute atomic E-state index is 6.25. The fourth-order valence-electron chi connectivity index (χ4n) is 3.31. The van der Waals surface area contributed by atoms with Crippen LogP contribution in [-0.4, -0.2) is 30.7 Å². The molecule has 21 heavy (non-hydrogen) atoms. The zero-order valence-corrected chi connectivity index (χ0v) is 14.2. The number of nitrogens with one attached hydrogen (secondary N) is 1. The van der Waals surface area contributed by atoms with E-state index in [0.29, 0.717) is 6.04 Å². The zero-order valence-electron chi connectivity index (χ0n) is 12.7. The number of rotatable bonds is 6. The highest BCUT2D eigenvalue weighted by Gasteiger charge is 2.21. The normalized spacial score (nSPS) is 19.5. The molecule has 1 aromatic carbocycles. The van der Waals surface area contributed by atoms with Gasteiger partial charge < -0.3 is 10.1 Å². The first kappa shape index (κ1) is 15.5. The molecule has 0 amide bonds. The second-order valence-corrected chi connectivity index (χ2v) is 7.85. The summed E-state index contributed by atoms with van der Waals surface area (Å²) in [5.74, 6) is 2.26. The quantitative estimate of drug-likeness (QED) is 0.851. The molecule has 0 radical (unpaired) electrons. The van der Waals surface area contributed by atoms with Crippen LogP contribution in [0.5, 0.6) is 5.75 Å². The molecule has 1 N–H and O–H groups in total. The molecule has 3 rings (SSSR count). The number of halogens is 1. The predicted octanol–water partition coefficient (Wildman–Crippen LogP) is 4.08. The Balaban J connectivity index is 1.63. The SMILES string of the molecule is CNC(CSC1CCCC1)Cc1cc(Cl)cc2c1OCC2. The van der Waals surface area contributed by atoms with Crippen LogP contribution in [0, 0.1) is 0 Å². The van der Waals surface area contributed by atoms with E-state index in [-0.39, 0.29) is 0 Å². The molecule has 1 aromatic rings. The van der Waals surface area contributed by atoms with Crippen LogP contribution in [0.4, 0.5) is 0 Å². The van der Waals surface area contributed by atoms with E-state index in [1.165, 1.54) is 42.6 Å². The Morgan fingerprint density at radius 2 is 2.19 bits per heavy atom. The summed E-state index contributed by atoms with van der Waals surface area (Å²) in [5, 5.41) is 5.18. The summed E-state index contributed by atoms with van der Waals surface area (Å²) in [6, 6.07) is 4.62. The van der Waals surface area contributed by atoms with Crippen molar-refractivity contribution in [3.05, 3.63) is 28.3 Å². The maximum Gasteiger partial charge on any atom is 0.125 e.